The van der Waals surface area contributed by atoms with E-state index in [4.69, 9.17) is 10.5 Å². The number of benzene rings is 1. The molecule has 0 unspecified atom stereocenters. The average molecular weight is 483 g/mol. The number of hydrogen-bond donors (Lipinski definition) is 3. The molecule has 2 aromatic heterocycles. The number of hydrogen-bond acceptors (Lipinski definition) is 6. The van der Waals surface area contributed by atoms with Gasteiger partial charge in [0.15, 0.2) is 11.5 Å². The Hall–Kier alpha value is -3.59. The predicted octanol–water partition coefficient (Wildman–Crippen LogP) is 5.06. The van der Waals surface area contributed by atoms with E-state index in [0.717, 1.165) is 30.9 Å². The van der Waals surface area contributed by atoms with Gasteiger partial charge in [-0.2, -0.15) is 0 Å². The maximum Gasteiger partial charge on any atom is 0.276 e. The van der Waals surface area contributed by atoms with Crippen molar-refractivity contribution in [2.45, 2.75) is 51.0 Å². The van der Waals surface area contributed by atoms with Crippen LogP contribution in [0.2, 0.25) is 0 Å². The molecule has 0 spiro atoms. The number of anilines is 2. The number of carbonyl (C=O) groups excluding carboxylic acids is 1. The number of nitrogens with one attached hydrogen (secondary N) is 1. The minimum Gasteiger partial charge on any atom is -0.494 e. The third kappa shape index (κ3) is 5.57. The fourth-order valence-corrected chi connectivity index (χ4v) is 4.30. The summed E-state index contributed by atoms with van der Waals surface area (Å²) in [6.07, 6.45) is 6.56. The summed E-state index contributed by atoms with van der Waals surface area (Å²) in [4.78, 5) is 21.4. The third-order valence-electron chi connectivity index (χ3n) is 6.13. The summed E-state index contributed by atoms with van der Waals surface area (Å²) in [7, 11) is 0. The van der Waals surface area contributed by atoms with Crippen molar-refractivity contribution in [1.82, 2.24) is 9.97 Å². The van der Waals surface area contributed by atoms with Crippen molar-refractivity contribution in [2.75, 3.05) is 17.7 Å². The first-order valence-corrected chi connectivity index (χ1v) is 11.7. The van der Waals surface area contributed by atoms with E-state index in [1.807, 2.05) is 13.0 Å². The van der Waals surface area contributed by atoms with Crippen molar-refractivity contribution in [2.24, 2.45) is 0 Å². The van der Waals surface area contributed by atoms with Crippen LogP contribution < -0.4 is 15.8 Å². The van der Waals surface area contributed by atoms with Gasteiger partial charge in [-0.1, -0.05) is 6.92 Å². The Labute approximate surface area is 202 Å². The minimum absolute atomic E-state index is 0.131. The van der Waals surface area contributed by atoms with Gasteiger partial charge in [0.25, 0.3) is 5.91 Å². The molecular weight excluding hydrogens is 454 g/mol. The Morgan fingerprint density at radius 2 is 1.94 bits per heavy atom. The Morgan fingerprint density at radius 1 is 1.17 bits per heavy atom. The molecule has 1 fully saturated rings. The lowest BCUT2D eigenvalue weighted by Gasteiger charge is -2.27. The van der Waals surface area contributed by atoms with Crippen LogP contribution in [-0.4, -0.2) is 33.7 Å². The molecule has 184 valence electrons. The molecule has 1 aromatic carbocycles. The zero-order valence-electron chi connectivity index (χ0n) is 19.4. The number of nitrogens with two attached hydrogens (primary N) is 1. The fourth-order valence-electron chi connectivity index (χ4n) is 4.30. The molecule has 0 radical (unpaired) electrons. The van der Waals surface area contributed by atoms with Gasteiger partial charge in [0, 0.05) is 17.8 Å². The number of amides is 1. The molecule has 9 heteroatoms. The monoisotopic (exact) mass is 482 g/mol. The Bertz CT molecular complexity index is 1210. The van der Waals surface area contributed by atoms with E-state index in [-0.39, 0.29) is 34.7 Å². The molecule has 1 saturated carbocycles. The Kier molecular flexibility index (Phi) is 7.55. The van der Waals surface area contributed by atoms with Crippen LogP contribution >= 0.6 is 0 Å². The van der Waals surface area contributed by atoms with Crippen LogP contribution in [0.4, 0.5) is 20.2 Å². The van der Waals surface area contributed by atoms with E-state index in [1.54, 1.807) is 6.20 Å². The summed E-state index contributed by atoms with van der Waals surface area (Å²) in [5, 5.41) is 12.6. The number of pyridine rings is 2. The third-order valence-corrected chi connectivity index (χ3v) is 6.13. The molecular formula is C26H28F2N4O3. The standard InChI is InChI=1S/C26H28F2N4O3/c1-2-11-35-17-7-8-20(27)19(12-17)24-21(28)13-22(29)25(32-24)26(34)31-23-14-30-10-9-18(23)15-3-5-16(33)6-4-15/h7-10,12-16,33H,2-6,11,29H2,1H3,(H,31,34). The number of halogens is 2. The van der Waals surface area contributed by atoms with Crippen molar-refractivity contribution < 1.29 is 23.4 Å². The Morgan fingerprint density at radius 3 is 2.69 bits per heavy atom. The van der Waals surface area contributed by atoms with Crippen molar-refractivity contribution in [3.63, 3.8) is 0 Å². The molecule has 35 heavy (non-hydrogen) atoms. The molecule has 0 aliphatic heterocycles. The smallest absolute Gasteiger partial charge is 0.276 e. The molecule has 1 aliphatic rings. The SMILES string of the molecule is CCCOc1ccc(F)c(-c2nc(C(=O)Nc3cnccc3C3CCC(O)CC3)c(N)cc2F)c1. The predicted molar refractivity (Wildman–Crippen MR) is 129 cm³/mol. The molecule has 7 nitrogen and oxygen atoms in total. The summed E-state index contributed by atoms with van der Waals surface area (Å²) >= 11 is 0. The highest BCUT2D eigenvalue weighted by atomic mass is 19.1. The molecule has 0 bridgehead atoms. The van der Waals surface area contributed by atoms with E-state index in [0.29, 0.717) is 30.9 Å². The van der Waals surface area contributed by atoms with Crippen LogP contribution in [-0.2, 0) is 0 Å². The highest BCUT2D eigenvalue weighted by Gasteiger charge is 2.25. The molecule has 4 rings (SSSR count). The van der Waals surface area contributed by atoms with Crippen LogP contribution in [0, 0.1) is 11.6 Å². The summed E-state index contributed by atoms with van der Waals surface area (Å²) in [6, 6.07) is 6.77. The van der Waals surface area contributed by atoms with Gasteiger partial charge in [-0.3, -0.25) is 9.78 Å². The lowest BCUT2D eigenvalue weighted by Crippen LogP contribution is -2.21. The van der Waals surface area contributed by atoms with Gasteiger partial charge in [0.2, 0.25) is 0 Å². The lowest BCUT2D eigenvalue weighted by molar-refractivity contribution is 0.102. The Balaban J connectivity index is 1.64. The number of nitrogen functional groups attached to an aromatic ring is 1. The number of carbonyl (C=O) groups is 1. The van der Waals surface area contributed by atoms with Crippen molar-refractivity contribution in [3.8, 4) is 17.0 Å². The lowest BCUT2D eigenvalue weighted by atomic mass is 9.82. The summed E-state index contributed by atoms with van der Waals surface area (Å²) in [5.74, 6) is -1.69. The summed E-state index contributed by atoms with van der Waals surface area (Å²) in [5.41, 5.74) is 6.45. The van der Waals surface area contributed by atoms with Gasteiger partial charge >= 0.3 is 0 Å². The molecule has 2 heterocycles. The molecule has 1 amide bonds. The van der Waals surface area contributed by atoms with Gasteiger partial charge in [-0.05, 0) is 67.9 Å². The molecule has 1 aliphatic carbocycles. The topological polar surface area (TPSA) is 110 Å². The minimum atomic E-state index is -0.853. The van der Waals surface area contributed by atoms with Gasteiger partial charge in [-0.15, -0.1) is 0 Å². The van der Waals surface area contributed by atoms with E-state index < -0.39 is 17.5 Å². The van der Waals surface area contributed by atoms with Gasteiger partial charge < -0.3 is 20.9 Å². The van der Waals surface area contributed by atoms with Gasteiger partial charge in [0.05, 0.1) is 30.3 Å². The number of ether oxygens (including phenoxy) is 1. The highest BCUT2D eigenvalue weighted by Crippen LogP contribution is 2.36. The molecule has 0 atom stereocenters. The molecule has 3 aromatic rings. The van der Waals surface area contributed by atoms with E-state index in [9.17, 15) is 18.7 Å². The first-order valence-electron chi connectivity index (χ1n) is 11.7. The van der Waals surface area contributed by atoms with Crippen molar-refractivity contribution >= 4 is 17.3 Å². The first kappa shape index (κ1) is 24.5. The summed E-state index contributed by atoms with van der Waals surface area (Å²) in [6.45, 7) is 2.35. The quantitative estimate of drug-likeness (QED) is 0.434. The number of nitrogens with zero attached hydrogens (tertiary/aromatic N) is 2. The van der Waals surface area contributed by atoms with E-state index in [2.05, 4.69) is 15.3 Å². The molecule has 4 N–H and O–H groups in total. The van der Waals surface area contributed by atoms with Crippen LogP contribution in [0.15, 0.2) is 42.7 Å². The van der Waals surface area contributed by atoms with Crippen LogP contribution in [0.5, 0.6) is 5.75 Å². The van der Waals surface area contributed by atoms with Crippen LogP contribution in [0.1, 0.15) is 61.0 Å². The van der Waals surface area contributed by atoms with Crippen molar-refractivity contribution in [1.29, 1.82) is 0 Å². The van der Waals surface area contributed by atoms with Crippen LogP contribution in [0.25, 0.3) is 11.3 Å². The average Bonchev–Trinajstić information content (AvgIpc) is 2.85. The van der Waals surface area contributed by atoms with Crippen LogP contribution in [0.3, 0.4) is 0 Å². The maximum atomic E-state index is 14.8. The van der Waals surface area contributed by atoms with Gasteiger partial charge in [-0.25, -0.2) is 13.8 Å². The second kappa shape index (κ2) is 10.8. The van der Waals surface area contributed by atoms with E-state index in [1.165, 1.54) is 24.4 Å². The number of aliphatic hydroxyl groups is 1. The largest absolute Gasteiger partial charge is 0.494 e. The first-order chi connectivity index (χ1) is 16.9. The number of rotatable bonds is 7. The second-order valence-corrected chi connectivity index (χ2v) is 8.67. The zero-order chi connectivity index (χ0) is 24.9. The number of aliphatic hydroxyl groups excluding tert-OH is 1. The fraction of sp³-hybridized carbons (Fsp3) is 0.346. The summed E-state index contributed by atoms with van der Waals surface area (Å²) < 4.78 is 34.9. The maximum absolute atomic E-state index is 14.8. The van der Waals surface area contributed by atoms with Crippen molar-refractivity contribution in [3.05, 3.63) is 65.6 Å². The number of aromatic nitrogens is 2. The highest BCUT2D eigenvalue weighted by molar-refractivity contribution is 6.07. The zero-order valence-corrected chi connectivity index (χ0v) is 19.4. The van der Waals surface area contributed by atoms with E-state index >= 15 is 0 Å². The van der Waals surface area contributed by atoms with Gasteiger partial charge in [0.1, 0.15) is 17.3 Å². The second-order valence-electron chi connectivity index (χ2n) is 8.67. The normalized spacial score (nSPS) is 17.7. The molecule has 0 saturated heterocycles.